The Kier molecular flexibility index (Phi) is 2.24. The van der Waals surface area contributed by atoms with Crippen LogP contribution >= 0.6 is 0 Å². The highest BCUT2D eigenvalue weighted by molar-refractivity contribution is 5.73. The summed E-state index contributed by atoms with van der Waals surface area (Å²) in [6.45, 7) is 0. The molecule has 1 heterocycles. The molecule has 54 valence electrons. The number of rotatable bonds is 1. The van der Waals surface area contributed by atoms with Crippen molar-refractivity contribution in [3.05, 3.63) is 36.4 Å². The zero-order chi connectivity index (χ0) is 8.10. The van der Waals surface area contributed by atoms with E-state index in [1.54, 1.807) is 24.4 Å². The van der Waals surface area contributed by atoms with Gasteiger partial charge in [0, 0.05) is 6.20 Å². The summed E-state index contributed by atoms with van der Waals surface area (Å²) < 4.78 is 0. The van der Waals surface area contributed by atoms with Gasteiger partial charge >= 0.3 is 0 Å². The third kappa shape index (κ3) is 1.55. The normalized spacial score (nSPS) is 10.6. The van der Waals surface area contributed by atoms with Crippen LogP contribution in [0, 0.1) is 11.3 Å². The van der Waals surface area contributed by atoms with Crippen molar-refractivity contribution < 1.29 is 5.11 Å². The molecule has 0 spiro atoms. The average Bonchev–Trinajstić information content (AvgIpc) is 2.09. The third-order valence-corrected chi connectivity index (χ3v) is 1.19. The molecule has 0 aromatic carbocycles. The number of nitriles is 1. The molecular formula is C8H6N2O. The minimum atomic E-state index is 0.172. The van der Waals surface area contributed by atoms with Crippen molar-refractivity contribution in [1.82, 2.24) is 4.98 Å². The van der Waals surface area contributed by atoms with Crippen LogP contribution in [-0.4, -0.2) is 10.1 Å². The molecule has 0 atom stereocenters. The largest absolute Gasteiger partial charge is 0.514 e. The lowest BCUT2D eigenvalue weighted by Crippen LogP contribution is -1.84. The van der Waals surface area contributed by atoms with Crippen molar-refractivity contribution in [2.45, 2.75) is 0 Å². The summed E-state index contributed by atoms with van der Waals surface area (Å²) in [5, 5.41) is 17.0. The van der Waals surface area contributed by atoms with Gasteiger partial charge in [-0.3, -0.25) is 4.98 Å². The van der Waals surface area contributed by atoms with Gasteiger partial charge in [-0.15, -0.1) is 0 Å². The van der Waals surface area contributed by atoms with Gasteiger partial charge in [0.1, 0.15) is 11.6 Å². The Balaban J connectivity index is 3.05. The maximum Gasteiger partial charge on any atom is 0.112 e. The van der Waals surface area contributed by atoms with Crippen LogP contribution in [0.1, 0.15) is 5.69 Å². The van der Waals surface area contributed by atoms with Crippen molar-refractivity contribution >= 4 is 5.57 Å². The molecule has 1 rings (SSSR count). The van der Waals surface area contributed by atoms with E-state index >= 15 is 0 Å². The molecule has 1 aromatic heterocycles. The lowest BCUT2D eigenvalue weighted by Gasteiger charge is -1.92. The second-order valence-corrected chi connectivity index (χ2v) is 1.87. The molecule has 1 aromatic rings. The number of pyridine rings is 1. The Hall–Kier alpha value is -1.82. The highest BCUT2D eigenvalue weighted by Crippen LogP contribution is 2.07. The SMILES string of the molecule is N#CC(=CO)c1ccccn1. The zero-order valence-corrected chi connectivity index (χ0v) is 5.73. The predicted molar refractivity (Wildman–Crippen MR) is 40.5 cm³/mol. The molecule has 0 bridgehead atoms. The van der Waals surface area contributed by atoms with E-state index in [-0.39, 0.29) is 5.57 Å². The van der Waals surface area contributed by atoms with Crippen LogP contribution in [0.25, 0.3) is 5.57 Å². The summed E-state index contributed by atoms with van der Waals surface area (Å²) in [5.74, 6) is 0. The Bertz CT molecular complexity index is 298. The number of aromatic nitrogens is 1. The molecule has 0 saturated carbocycles. The summed E-state index contributed by atoms with van der Waals surface area (Å²) in [7, 11) is 0. The fourth-order valence-electron chi connectivity index (χ4n) is 0.674. The number of hydrogen-bond donors (Lipinski definition) is 1. The van der Waals surface area contributed by atoms with Gasteiger partial charge in [-0.05, 0) is 12.1 Å². The molecule has 0 unspecified atom stereocenters. The van der Waals surface area contributed by atoms with Gasteiger partial charge in [-0.1, -0.05) is 6.07 Å². The number of aliphatic hydroxyl groups is 1. The van der Waals surface area contributed by atoms with Crippen LogP contribution < -0.4 is 0 Å². The molecule has 1 N–H and O–H groups in total. The van der Waals surface area contributed by atoms with Crippen LogP contribution in [0.15, 0.2) is 30.7 Å². The van der Waals surface area contributed by atoms with E-state index in [1.165, 1.54) is 0 Å². The van der Waals surface area contributed by atoms with Crippen molar-refractivity contribution in [2.75, 3.05) is 0 Å². The van der Waals surface area contributed by atoms with E-state index in [0.29, 0.717) is 5.69 Å². The van der Waals surface area contributed by atoms with Crippen molar-refractivity contribution in [2.24, 2.45) is 0 Å². The molecule has 0 saturated heterocycles. The van der Waals surface area contributed by atoms with E-state index in [1.807, 2.05) is 6.07 Å². The molecule has 0 aliphatic carbocycles. The average molecular weight is 146 g/mol. The van der Waals surface area contributed by atoms with E-state index in [2.05, 4.69) is 4.98 Å². The predicted octanol–water partition coefficient (Wildman–Crippen LogP) is 1.50. The molecular weight excluding hydrogens is 140 g/mol. The Morgan fingerprint density at radius 1 is 1.64 bits per heavy atom. The smallest absolute Gasteiger partial charge is 0.112 e. The maximum absolute atomic E-state index is 8.55. The van der Waals surface area contributed by atoms with Gasteiger partial charge in [0.2, 0.25) is 0 Å². The van der Waals surface area contributed by atoms with E-state index in [0.717, 1.165) is 6.26 Å². The van der Waals surface area contributed by atoms with Crippen LogP contribution in [0.3, 0.4) is 0 Å². The summed E-state index contributed by atoms with van der Waals surface area (Å²) >= 11 is 0. The first-order valence-electron chi connectivity index (χ1n) is 3.04. The van der Waals surface area contributed by atoms with E-state index < -0.39 is 0 Å². The number of aliphatic hydroxyl groups excluding tert-OH is 1. The molecule has 0 amide bonds. The Morgan fingerprint density at radius 2 is 2.45 bits per heavy atom. The van der Waals surface area contributed by atoms with Gasteiger partial charge in [-0.2, -0.15) is 5.26 Å². The van der Waals surface area contributed by atoms with Gasteiger partial charge in [-0.25, -0.2) is 0 Å². The maximum atomic E-state index is 8.55. The van der Waals surface area contributed by atoms with Crippen LogP contribution in [0.2, 0.25) is 0 Å². The number of hydrogen-bond acceptors (Lipinski definition) is 3. The third-order valence-electron chi connectivity index (χ3n) is 1.19. The first-order valence-corrected chi connectivity index (χ1v) is 3.04. The molecule has 11 heavy (non-hydrogen) atoms. The number of nitrogens with zero attached hydrogens (tertiary/aromatic N) is 2. The number of allylic oxidation sites excluding steroid dienone is 1. The zero-order valence-electron chi connectivity index (χ0n) is 5.73. The molecule has 0 radical (unpaired) electrons. The topological polar surface area (TPSA) is 56.9 Å². The quantitative estimate of drug-likeness (QED) is 0.482. The fraction of sp³-hybridized carbons (Fsp3) is 0. The van der Waals surface area contributed by atoms with Gasteiger partial charge in [0.25, 0.3) is 0 Å². The van der Waals surface area contributed by atoms with Crippen molar-refractivity contribution in [3.63, 3.8) is 0 Å². The van der Waals surface area contributed by atoms with E-state index in [4.69, 9.17) is 10.4 Å². The summed E-state index contributed by atoms with van der Waals surface area (Å²) in [6.07, 6.45) is 2.32. The standard InChI is InChI=1S/C8H6N2O/c9-5-7(6-11)8-3-1-2-4-10-8/h1-4,6,11H. The Labute approximate surface area is 64.2 Å². The van der Waals surface area contributed by atoms with Crippen molar-refractivity contribution in [3.8, 4) is 6.07 Å². The highest BCUT2D eigenvalue weighted by atomic mass is 16.2. The fourth-order valence-corrected chi connectivity index (χ4v) is 0.674. The lowest BCUT2D eigenvalue weighted by molar-refractivity contribution is 0.476. The first kappa shape index (κ1) is 7.29. The molecule has 0 fully saturated rings. The van der Waals surface area contributed by atoms with E-state index in [9.17, 15) is 0 Å². The van der Waals surface area contributed by atoms with Gasteiger partial charge < -0.3 is 5.11 Å². The summed E-state index contributed by atoms with van der Waals surface area (Å²) in [5.41, 5.74) is 0.656. The second kappa shape index (κ2) is 3.37. The highest BCUT2D eigenvalue weighted by Gasteiger charge is 1.98. The molecule has 0 aliphatic rings. The minimum Gasteiger partial charge on any atom is -0.514 e. The molecule has 3 nitrogen and oxygen atoms in total. The molecule has 0 aliphatic heterocycles. The van der Waals surface area contributed by atoms with Crippen LogP contribution in [-0.2, 0) is 0 Å². The minimum absolute atomic E-state index is 0.172. The Morgan fingerprint density at radius 3 is 2.91 bits per heavy atom. The summed E-state index contributed by atoms with van der Waals surface area (Å²) in [4.78, 5) is 3.87. The summed E-state index contributed by atoms with van der Waals surface area (Å²) in [6, 6.07) is 6.97. The lowest BCUT2D eigenvalue weighted by atomic mass is 10.2. The first-order chi connectivity index (χ1) is 5.38. The van der Waals surface area contributed by atoms with Crippen molar-refractivity contribution in [1.29, 1.82) is 5.26 Å². The van der Waals surface area contributed by atoms with Crippen LogP contribution in [0.5, 0.6) is 0 Å². The van der Waals surface area contributed by atoms with Gasteiger partial charge in [0.05, 0.1) is 12.0 Å². The second-order valence-electron chi connectivity index (χ2n) is 1.87. The van der Waals surface area contributed by atoms with Crippen LogP contribution in [0.4, 0.5) is 0 Å². The monoisotopic (exact) mass is 146 g/mol. The van der Waals surface area contributed by atoms with Gasteiger partial charge in [0.15, 0.2) is 0 Å². The molecule has 3 heteroatoms.